The van der Waals surface area contributed by atoms with E-state index in [0.717, 1.165) is 4.68 Å². The first-order valence-corrected chi connectivity index (χ1v) is 12.4. The number of hydrogen-bond acceptors (Lipinski definition) is 7. The third-order valence-electron chi connectivity index (χ3n) is 6.79. The van der Waals surface area contributed by atoms with Gasteiger partial charge in [0, 0.05) is 19.2 Å². The first-order chi connectivity index (χ1) is 19.8. The third-order valence-corrected chi connectivity index (χ3v) is 6.79. The number of nitrogens with zero attached hydrogens (tertiary/aromatic N) is 4. The summed E-state index contributed by atoms with van der Waals surface area (Å²) in [6.07, 6.45) is -7.28. The summed E-state index contributed by atoms with van der Waals surface area (Å²) in [5, 5.41) is 18.8. The van der Waals surface area contributed by atoms with E-state index >= 15 is 0 Å². The lowest BCUT2D eigenvalue weighted by Gasteiger charge is -2.35. The molecule has 1 aromatic carbocycles. The van der Waals surface area contributed by atoms with Gasteiger partial charge in [0.15, 0.2) is 12.4 Å². The number of nitrogens with one attached hydrogen (secondary N) is 2. The van der Waals surface area contributed by atoms with Crippen LogP contribution < -0.4 is 15.4 Å². The van der Waals surface area contributed by atoms with Crippen molar-refractivity contribution in [2.75, 3.05) is 19.8 Å². The Bertz CT molecular complexity index is 1580. The number of halogens is 6. The zero-order valence-electron chi connectivity index (χ0n) is 21.4. The van der Waals surface area contributed by atoms with Gasteiger partial charge in [-0.3, -0.25) is 14.3 Å². The van der Waals surface area contributed by atoms with Crippen molar-refractivity contribution in [1.29, 1.82) is 5.26 Å². The van der Waals surface area contributed by atoms with Crippen molar-refractivity contribution in [3.05, 3.63) is 70.2 Å². The lowest BCUT2D eigenvalue weighted by molar-refractivity contribution is -0.323. The van der Waals surface area contributed by atoms with Crippen LogP contribution in [0.15, 0.2) is 36.5 Å². The number of aryl methyl sites for hydroxylation is 1. The van der Waals surface area contributed by atoms with Crippen LogP contribution in [-0.2, 0) is 23.1 Å². The Morgan fingerprint density at radius 2 is 1.98 bits per heavy atom. The Morgan fingerprint density at radius 3 is 2.64 bits per heavy atom. The molecule has 1 atom stereocenters. The lowest BCUT2D eigenvalue weighted by Crippen LogP contribution is -2.50. The van der Waals surface area contributed by atoms with Crippen LogP contribution in [0.4, 0.5) is 26.3 Å². The van der Waals surface area contributed by atoms with Gasteiger partial charge in [-0.25, -0.2) is 9.67 Å². The maximum Gasteiger partial charge on any atom is 0.522 e. The predicted molar refractivity (Wildman–Crippen MR) is 130 cm³/mol. The highest BCUT2D eigenvalue weighted by Gasteiger charge is 2.47. The topological polar surface area (TPSA) is 131 Å². The number of fused-ring (bicyclic) bond motifs is 3. The SMILES string of the molecule is N#Cc1ccc(-n2nc3c(c2C(=O)NCCOC(F)(F)F)C(=O)N[C@@]2(CCc4cc(OCC(F)(F)F)ccc42)C3)nc1. The number of hydrogen-bond donors (Lipinski definition) is 2. The molecule has 2 amide bonds. The maximum atomic E-state index is 13.5. The second-order valence-corrected chi connectivity index (χ2v) is 9.58. The second kappa shape index (κ2) is 10.6. The molecule has 16 heteroatoms. The zero-order valence-corrected chi connectivity index (χ0v) is 21.4. The molecule has 2 aliphatic rings. The Labute approximate surface area is 233 Å². The number of carbonyl (C=O) groups is 2. The van der Waals surface area contributed by atoms with E-state index in [1.54, 1.807) is 6.07 Å². The molecule has 0 radical (unpaired) electrons. The van der Waals surface area contributed by atoms with E-state index in [0.29, 0.717) is 24.0 Å². The van der Waals surface area contributed by atoms with Crippen LogP contribution in [0.1, 0.15) is 49.7 Å². The monoisotopic (exact) mass is 594 g/mol. The number of rotatable bonds is 7. The van der Waals surface area contributed by atoms with E-state index in [1.165, 1.54) is 30.5 Å². The summed E-state index contributed by atoms with van der Waals surface area (Å²) in [4.78, 5) is 30.8. The fraction of sp³-hybridized carbons (Fsp3) is 0.346. The molecular formula is C26H20F6N6O4. The molecule has 0 unspecified atom stereocenters. The molecule has 1 spiro atoms. The molecular weight excluding hydrogens is 574 g/mol. The molecule has 0 fully saturated rings. The van der Waals surface area contributed by atoms with E-state index in [4.69, 9.17) is 10.00 Å². The molecule has 0 saturated heterocycles. The lowest BCUT2D eigenvalue weighted by atomic mass is 9.82. The van der Waals surface area contributed by atoms with Gasteiger partial charge in [0.1, 0.15) is 17.5 Å². The summed E-state index contributed by atoms with van der Waals surface area (Å²) in [6.45, 7) is -2.86. The largest absolute Gasteiger partial charge is 0.522 e. The van der Waals surface area contributed by atoms with Crippen molar-refractivity contribution < 1.29 is 45.4 Å². The van der Waals surface area contributed by atoms with Crippen LogP contribution in [0.2, 0.25) is 0 Å². The molecule has 2 aromatic heterocycles. The number of aromatic nitrogens is 3. The van der Waals surface area contributed by atoms with Gasteiger partial charge in [-0.15, -0.1) is 13.2 Å². The van der Waals surface area contributed by atoms with Crippen LogP contribution in [0.3, 0.4) is 0 Å². The van der Waals surface area contributed by atoms with Gasteiger partial charge in [0.05, 0.1) is 29.0 Å². The molecule has 1 aliphatic heterocycles. The molecule has 3 heterocycles. The summed E-state index contributed by atoms with van der Waals surface area (Å²) >= 11 is 0. The Balaban J connectivity index is 1.48. The summed E-state index contributed by atoms with van der Waals surface area (Å²) in [6, 6.07) is 9.14. The fourth-order valence-corrected chi connectivity index (χ4v) is 5.10. The summed E-state index contributed by atoms with van der Waals surface area (Å²) in [5.74, 6) is -1.50. The molecule has 1 aliphatic carbocycles. The number of ether oxygens (including phenoxy) is 2. The molecule has 3 aromatic rings. The molecule has 220 valence electrons. The fourth-order valence-electron chi connectivity index (χ4n) is 5.10. The second-order valence-electron chi connectivity index (χ2n) is 9.58. The van der Waals surface area contributed by atoms with Crippen molar-refractivity contribution in [3.63, 3.8) is 0 Å². The van der Waals surface area contributed by atoms with Crippen molar-refractivity contribution in [1.82, 2.24) is 25.4 Å². The maximum absolute atomic E-state index is 13.5. The summed E-state index contributed by atoms with van der Waals surface area (Å²) in [7, 11) is 0. The van der Waals surface area contributed by atoms with E-state index in [-0.39, 0.29) is 40.5 Å². The summed E-state index contributed by atoms with van der Waals surface area (Å²) in [5.41, 5.74) is 0.371. The first-order valence-electron chi connectivity index (χ1n) is 12.4. The van der Waals surface area contributed by atoms with E-state index in [1.807, 2.05) is 6.07 Å². The Kier molecular flexibility index (Phi) is 7.31. The number of carbonyl (C=O) groups excluding carboxylic acids is 2. The molecule has 2 N–H and O–H groups in total. The quantitative estimate of drug-likeness (QED) is 0.317. The number of alkyl halides is 6. The number of pyridine rings is 1. The minimum absolute atomic E-state index is 0.0237. The number of amides is 2. The van der Waals surface area contributed by atoms with Crippen LogP contribution in [-0.4, -0.2) is 58.9 Å². The Morgan fingerprint density at radius 1 is 1.19 bits per heavy atom. The molecule has 0 bridgehead atoms. The van der Waals surface area contributed by atoms with E-state index < -0.39 is 49.7 Å². The van der Waals surface area contributed by atoms with Crippen molar-refractivity contribution in [3.8, 4) is 17.6 Å². The smallest absolute Gasteiger partial charge is 0.484 e. The highest BCUT2D eigenvalue weighted by molar-refractivity contribution is 6.08. The average molecular weight is 594 g/mol. The van der Waals surface area contributed by atoms with Gasteiger partial charge in [-0.05, 0) is 48.2 Å². The first kappa shape index (κ1) is 28.9. The average Bonchev–Trinajstić information content (AvgIpc) is 3.48. The predicted octanol–water partition coefficient (Wildman–Crippen LogP) is 3.47. The van der Waals surface area contributed by atoms with Gasteiger partial charge >= 0.3 is 12.5 Å². The highest BCUT2D eigenvalue weighted by Crippen LogP contribution is 2.44. The standard InChI is InChI=1S/C26H20F6N6O4/c27-25(28,29)13-41-16-2-3-17-15(9-16)5-6-24(17)10-18-20(22(39)36-24)21(23(40)34-7-8-42-26(30,31)32)38(37-18)19-4-1-14(11-33)12-35-19/h1-4,9,12H,5-8,10,13H2,(H,34,40)(H,36,39)/t24-/m0/s1. The van der Waals surface area contributed by atoms with E-state index in [9.17, 15) is 35.9 Å². The van der Waals surface area contributed by atoms with Crippen LogP contribution in [0, 0.1) is 11.3 Å². The van der Waals surface area contributed by atoms with Gasteiger partial charge in [-0.1, -0.05) is 6.07 Å². The minimum Gasteiger partial charge on any atom is -0.484 e. The molecule has 5 rings (SSSR count). The van der Waals surface area contributed by atoms with Gasteiger partial charge in [-0.2, -0.15) is 23.5 Å². The number of nitriles is 1. The minimum atomic E-state index is -4.89. The van der Waals surface area contributed by atoms with Gasteiger partial charge in [0.25, 0.3) is 11.8 Å². The zero-order chi connectivity index (χ0) is 30.3. The Hall–Kier alpha value is -4.65. The van der Waals surface area contributed by atoms with E-state index in [2.05, 4.69) is 25.5 Å². The van der Waals surface area contributed by atoms with Gasteiger partial charge < -0.3 is 15.4 Å². The van der Waals surface area contributed by atoms with Crippen molar-refractivity contribution in [2.24, 2.45) is 0 Å². The third kappa shape index (κ3) is 5.86. The van der Waals surface area contributed by atoms with Crippen LogP contribution in [0.25, 0.3) is 5.82 Å². The molecule has 42 heavy (non-hydrogen) atoms. The van der Waals surface area contributed by atoms with Gasteiger partial charge in [0.2, 0.25) is 0 Å². The normalized spacial score (nSPS) is 17.8. The molecule has 10 nitrogen and oxygen atoms in total. The highest BCUT2D eigenvalue weighted by atomic mass is 19.4. The van der Waals surface area contributed by atoms with Crippen LogP contribution in [0.5, 0.6) is 5.75 Å². The number of benzene rings is 1. The van der Waals surface area contributed by atoms with Crippen molar-refractivity contribution in [2.45, 2.75) is 37.3 Å². The van der Waals surface area contributed by atoms with Crippen LogP contribution >= 0.6 is 0 Å². The molecule has 0 saturated carbocycles. The van der Waals surface area contributed by atoms with Crippen molar-refractivity contribution >= 4 is 11.8 Å². The summed E-state index contributed by atoms with van der Waals surface area (Å²) < 4.78 is 84.4.